The molecule has 17 heavy (non-hydrogen) atoms. The van der Waals surface area contributed by atoms with Gasteiger partial charge in [-0.3, -0.25) is 4.79 Å². The number of amides is 1. The highest BCUT2D eigenvalue weighted by atomic mass is 32.1. The molecule has 1 atom stereocenters. The zero-order valence-electron chi connectivity index (χ0n) is 8.70. The van der Waals surface area contributed by atoms with Crippen LogP contribution in [0.2, 0.25) is 0 Å². The SMILES string of the molecule is NC1(c2nccs2)CCN(C(=O)C(F)(F)F)C1. The molecule has 1 saturated heterocycles. The van der Waals surface area contributed by atoms with E-state index in [9.17, 15) is 18.0 Å². The second-order valence-corrected chi connectivity index (χ2v) is 4.86. The smallest absolute Gasteiger partial charge is 0.333 e. The zero-order valence-corrected chi connectivity index (χ0v) is 9.51. The van der Waals surface area contributed by atoms with Gasteiger partial charge < -0.3 is 10.6 Å². The van der Waals surface area contributed by atoms with Gasteiger partial charge in [-0.1, -0.05) is 0 Å². The number of carbonyl (C=O) groups is 1. The quantitative estimate of drug-likeness (QED) is 0.827. The molecule has 0 saturated carbocycles. The molecule has 2 N–H and O–H groups in total. The average Bonchev–Trinajstić information content (AvgIpc) is 2.84. The Hall–Kier alpha value is -1.15. The highest BCUT2D eigenvalue weighted by Crippen LogP contribution is 2.32. The van der Waals surface area contributed by atoms with Crippen LogP contribution in [0.4, 0.5) is 13.2 Å². The summed E-state index contributed by atoms with van der Waals surface area (Å²) in [6, 6.07) is 0. The Morgan fingerprint density at radius 2 is 2.29 bits per heavy atom. The first kappa shape index (κ1) is 12.3. The third-order valence-corrected chi connectivity index (χ3v) is 3.68. The largest absolute Gasteiger partial charge is 0.471 e. The van der Waals surface area contributed by atoms with Crippen LogP contribution in [-0.2, 0) is 10.3 Å². The second kappa shape index (κ2) is 3.95. The molecular formula is C9H10F3N3OS. The summed E-state index contributed by atoms with van der Waals surface area (Å²) in [5.41, 5.74) is 5.03. The molecule has 0 radical (unpaired) electrons. The molecule has 94 valence electrons. The predicted octanol–water partition coefficient (Wildman–Crippen LogP) is 1.09. The molecule has 1 aliphatic heterocycles. The number of aromatic nitrogens is 1. The molecule has 1 aliphatic rings. The Kier molecular flexibility index (Phi) is 2.86. The molecule has 2 rings (SSSR count). The van der Waals surface area contributed by atoms with Crippen molar-refractivity contribution in [2.24, 2.45) is 5.73 Å². The Bertz CT molecular complexity index is 420. The van der Waals surface area contributed by atoms with E-state index in [0.717, 1.165) is 4.90 Å². The number of hydrogen-bond donors (Lipinski definition) is 1. The fourth-order valence-electron chi connectivity index (χ4n) is 1.83. The maximum absolute atomic E-state index is 12.3. The second-order valence-electron chi connectivity index (χ2n) is 3.97. The lowest BCUT2D eigenvalue weighted by Gasteiger charge is -2.22. The fourth-order valence-corrected chi connectivity index (χ4v) is 2.60. The van der Waals surface area contributed by atoms with E-state index >= 15 is 0 Å². The number of halogens is 3. The lowest BCUT2D eigenvalue weighted by atomic mass is 10.0. The van der Waals surface area contributed by atoms with Crippen molar-refractivity contribution in [3.8, 4) is 0 Å². The predicted molar refractivity (Wildman–Crippen MR) is 55.2 cm³/mol. The Balaban J connectivity index is 2.13. The van der Waals surface area contributed by atoms with Gasteiger partial charge in [0, 0.05) is 24.7 Å². The monoisotopic (exact) mass is 265 g/mol. The summed E-state index contributed by atoms with van der Waals surface area (Å²) in [7, 11) is 0. The van der Waals surface area contributed by atoms with Crippen molar-refractivity contribution in [2.45, 2.75) is 18.1 Å². The van der Waals surface area contributed by atoms with Crippen LogP contribution in [0.1, 0.15) is 11.4 Å². The van der Waals surface area contributed by atoms with Crippen molar-refractivity contribution >= 4 is 17.2 Å². The van der Waals surface area contributed by atoms with Gasteiger partial charge in [0.15, 0.2) is 0 Å². The normalized spacial score (nSPS) is 25.3. The van der Waals surface area contributed by atoms with Crippen LogP contribution in [0.5, 0.6) is 0 Å². The van der Waals surface area contributed by atoms with Gasteiger partial charge in [-0.2, -0.15) is 13.2 Å². The molecule has 1 aromatic rings. The third kappa shape index (κ3) is 2.27. The molecule has 4 nitrogen and oxygen atoms in total. The van der Waals surface area contributed by atoms with Gasteiger partial charge in [-0.25, -0.2) is 4.98 Å². The van der Waals surface area contributed by atoms with E-state index in [-0.39, 0.29) is 13.1 Å². The zero-order chi connectivity index (χ0) is 12.7. The Morgan fingerprint density at radius 3 is 2.82 bits per heavy atom. The van der Waals surface area contributed by atoms with Crippen LogP contribution in [0.25, 0.3) is 0 Å². The van der Waals surface area contributed by atoms with E-state index in [1.165, 1.54) is 11.3 Å². The highest BCUT2D eigenvalue weighted by molar-refractivity contribution is 7.09. The molecule has 0 spiro atoms. The molecule has 1 aromatic heterocycles. The summed E-state index contributed by atoms with van der Waals surface area (Å²) >= 11 is 1.28. The van der Waals surface area contributed by atoms with Crippen LogP contribution in [0.15, 0.2) is 11.6 Å². The number of carbonyl (C=O) groups excluding carboxylic acids is 1. The van der Waals surface area contributed by atoms with Crippen LogP contribution in [-0.4, -0.2) is 35.1 Å². The number of thiazole rings is 1. The Labute approximate surface area is 99.2 Å². The molecule has 0 bridgehead atoms. The van der Waals surface area contributed by atoms with Gasteiger partial charge in [-0.05, 0) is 6.42 Å². The third-order valence-electron chi connectivity index (χ3n) is 2.69. The summed E-state index contributed by atoms with van der Waals surface area (Å²) in [6.07, 6.45) is -3.00. The minimum atomic E-state index is -4.84. The van der Waals surface area contributed by atoms with Crippen LogP contribution < -0.4 is 5.73 Å². The number of nitrogens with two attached hydrogens (primary N) is 1. The first-order valence-corrected chi connectivity index (χ1v) is 5.76. The van der Waals surface area contributed by atoms with E-state index in [2.05, 4.69) is 4.98 Å². The van der Waals surface area contributed by atoms with E-state index in [1.807, 2.05) is 0 Å². The summed E-state index contributed by atoms with van der Waals surface area (Å²) in [5.74, 6) is -1.83. The van der Waals surface area contributed by atoms with E-state index in [1.54, 1.807) is 11.6 Å². The van der Waals surface area contributed by atoms with Crippen molar-refractivity contribution in [1.29, 1.82) is 0 Å². The van der Waals surface area contributed by atoms with Crippen molar-refractivity contribution < 1.29 is 18.0 Å². The van der Waals surface area contributed by atoms with Gasteiger partial charge in [0.2, 0.25) is 0 Å². The summed E-state index contributed by atoms with van der Waals surface area (Å²) < 4.78 is 36.8. The van der Waals surface area contributed by atoms with E-state index in [4.69, 9.17) is 5.73 Å². The lowest BCUT2D eigenvalue weighted by molar-refractivity contribution is -0.184. The molecule has 1 fully saturated rings. The first-order chi connectivity index (χ1) is 7.83. The first-order valence-electron chi connectivity index (χ1n) is 4.88. The van der Waals surface area contributed by atoms with Gasteiger partial charge in [0.05, 0.1) is 5.54 Å². The molecule has 1 unspecified atom stereocenters. The van der Waals surface area contributed by atoms with Crippen LogP contribution in [0, 0.1) is 0 Å². The maximum atomic E-state index is 12.3. The molecule has 8 heteroatoms. The number of likely N-dealkylation sites (tertiary alicyclic amines) is 1. The molecular weight excluding hydrogens is 255 g/mol. The van der Waals surface area contributed by atoms with Gasteiger partial charge in [0.1, 0.15) is 5.01 Å². The van der Waals surface area contributed by atoms with E-state index < -0.39 is 17.6 Å². The number of hydrogen-bond acceptors (Lipinski definition) is 4. The maximum Gasteiger partial charge on any atom is 0.471 e. The molecule has 2 heterocycles. The van der Waals surface area contributed by atoms with Crippen LogP contribution >= 0.6 is 11.3 Å². The van der Waals surface area contributed by atoms with E-state index in [0.29, 0.717) is 11.4 Å². The van der Waals surface area contributed by atoms with Gasteiger partial charge in [-0.15, -0.1) is 11.3 Å². The topological polar surface area (TPSA) is 59.2 Å². The van der Waals surface area contributed by atoms with Gasteiger partial charge >= 0.3 is 12.1 Å². The van der Waals surface area contributed by atoms with Crippen molar-refractivity contribution in [3.63, 3.8) is 0 Å². The average molecular weight is 265 g/mol. The fraction of sp³-hybridized carbons (Fsp3) is 0.556. The Morgan fingerprint density at radius 1 is 1.59 bits per heavy atom. The summed E-state index contributed by atoms with van der Waals surface area (Å²) in [5, 5.41) is 2.27. The lowest BCUT2D eigenvalue weighted by Crippen LogP contribution is -2.44. The summed E-state index contributed by atoms with van der Waals surface area (Å²) in [6.45, 7) is -0.132. The van der Waals surface area contributed by atoms with Crippen molar-refractivity contribution in [2.75, 3.05) is 13.1 Å². The molecule has 0 aromatic carbocycles. The highest BCUT2D eigenvalue weighted by Gasteiger charge is 2.48. The number of alkyl halides is 3. The number of nitrogens with zero attached hydrogens (tertiary/aromatic N) is 2. The molecule has 0 aliphatic carbocycles. The standard InChI is InChI=1S/C9H10F3N3OS/c10-9(11,12)7(16)15-3-1-8(13,5-15)6-14-2-4-17-6/h2,4H,1,3,5,13H2. The van der Waals surface area contributed by atoms with Crippen molar-refractivity contribution in [3.05, 3.63) is 16.6 Å². The van der Waals surface area contributed by atoms with Gasteiger partial charge in [0.25, 0.3) is 0 Å². The summed E-state index contributed by atoms with van der Waals surface area (Å²) in [4.78, 5) is 15.8. The minimum Gasteiger partial charge on any atom is -0.333 e. The minimum absolute atomic E-state index is 0.00836. The van der Waals surface area contributed by atoms with Crippen molar-refractivity contribution in [1.82, 2.24) is 9.88 Å². The molecule has 1 amide bonds. The number of rotatable bonds is 1. The van der Waals surface area contributed by atoms with Crippen LogP contribution in [0.3, 0.4) is 0 Å².